The standard InChI is InChI=1S/C22H15F2N3O2/c23-17-11-6-12-18(19(17)24)25-21(28)20-15-9-4-5-10-16(15)22(29)27(26-20)13-14-7-2-1-3-8-14/h1-12H,13H2,(H,25,28). The van der Waals surface area contributed by atoms with Gasteiger partial charge in [-0.05, 0) is 23.8 Å². The molecule has 1 N–H and O–H groups in total. The molecule has 7 heteroatoms. The number of rotatable bonds is 4. The number of hydrogen-bond acceptors (Lipinski definition) is 3. The highest BCUT2D eigenvalue weighted by Crippen LogP contribution is 2.19. The van der Waals surface area contributed by atoms with Gasteiger partial charge in [-0.1, -0.05) is 54.6 Å². The molecule has 3 aromatic carbocycles. The predicted octanol–water partition coefficient (Wildman–Crippen LogP) is 3.98. The first-order chi connectivity index (χ1) is 14.0. The van der Waals surface area contributed by atoms with E-state index in [4.69, 9.17) is 0 Å². The lowest BCUT2D eigenvalue weighted by atomic mass is 10.1. The van der Waals surface area contributed by atoms with E-state index in [9.17, 15) is 18.4 Å². The monoisotopic (exact) mass is 391 g/mol. The molecule has 29 heavy (non-hydrogen) atoms. The Bertz CT molecular complexity index is 1270. The molecule has 1 heterocycles. The van der Waals surface area contributed by atoms with Gasteiger partial charge >= 0.3 is 0 Å². The van der Waals surface area contributed by atoms with Gasteiger partial charge in [0, 0.05) is 5.39 Å². The third-order valence-corrected chi connectivity index (χ3v) is 4.46. The zero-order chi connectivity index (χ0) is 20.4. The predicted molar refractivity (Wildman–Crippen MR) is 106 cm³/mol. The van der Waals surface area contributed by atoms with Crippen molar-refractivity contribution >= 4 is 22.4 Å². The number of anilines is 1. The molecule has 144 valence electrons. The summed E-state index contributed by atoms with van der Waals surface area (Å²) < 4.78 is 28.6. The van der Waals surface area contributed by atoms with E-state index in [0.29, 0.717) is 10.8 Å². The molecule has 1 amide bonds. The highest BCUT2D eigenvalue weighted by atomic mass is 19.2. The largest absolute Gasteiger partial charge is 0.318 e. The Morgan fingerprint density at radius 1 is 0.897 bits per heavy atom. The van der Waals surface area contributed by atoms with Crippen molar-refractivity contribution in [1.29, 1.82) is 0 Å². The number of carbonyl (C=O) groups excluding carboxylic acids is 1. The van der Waals surface area contributed by atoms with Crippen LogP contribution >= 0.6 is 0 Å². The van der Waals surface area contributed by atoms with E-state index in [1.807, 2.05) is 30.3 Å². The van der Waals surface area contributed by atoms with E-state index in [2.05, 4.69) is 10.4 Å². The smallest absolute Gasteiger partial charge is 0.276 e. The Balaban J connectivity index is 1.80. The first kappa shape index (κ1) is 18.5. The summed E-state index contributed by atoms with van der Waals surface area (Å²) in [6.07, 6.45) is 0. The van der Waals surface area contributed by atoms with Gasteiger partial charge in [0.2, 0.25) is 0 Å². The summed E-state index contributed by atoms with van der Waals surface area (Å²) in [7, 11) is 0. The van der Waals surface area contributed by atoms with E-state index >= 15 is 0 Å². The van der Waals surface area contributed by atoms with Crippen LogP contribution in [0.1, 0.15) is 16.1 Å². The molecule has 4 rings (SSSR count). The Kier molecular flexibility index (Phi) is 4.87. The lowest BCUT2D eigenvalue weighted by Crippen LogP contribution is -2.28. The maximum Gasteiger partial charge on any atom is 0.276 e. The van der Waals surface area contributed by atoms with Crippen LogP contribution in [0.5, 0.6) is 0 Å². The molecule has 0 radical (unpaired) electrons. The molecule has 1 aromatic heterocycles. The van der Waals surface area contributed by atoms with Gasteiger partial charge in [0.25, 0.3) is 11.5 Å². The maximum absolute atomic E-state index is 14.0. The van der Waals surface area contributed by atoms with Crippen LogP contribution in [0.25, 0.3) is 10.8 Å². The minimum atomic E-state index is -1.16. The highest BCUT2D eigenvalue weighted by molar-refractivity contribution is 6.11. The van der Waals surface area contributed by atoms with Crippen molar-refractivity contribution in [1.82, 2.24) is 9.78 Å². The third kappa shape index (κ3) is 3.62. The molecule has 0 saturated carbocycles. The van der Waals surface area contributed by atoms with E-state index in [-0.39, 0.29) is 23.5 Å². The molecular weight excluding hydrogens is 376 g/mol. The zero-order valence-electron chi connectivity index (χ0n) is 15.1. The van der Waals surface area contributed by atoms with Gasteiger partial charge in [-0.2, -0.15) is 5.10 Å². The van der Waals surface area contributed by atoms with E-state index < -0.39 is 17.5 Å². The van der Waals surface area contributed by atoms with Gasteiger partial charge < -0.3 is 5.32 Å². The van der Waals surface area contributed by atoms with Gasteiger partial charge in [0.05, 0.1) is 17.6 Å². The minimum absolute atomic E-state index is 0.0557. The normalized spacial score (nSPS) is 10.8. The second kappa shape index (κ2) is 7.63. The number of halogens is 2. The average Bonchev–Trinajstić information content (AvgIpc) is 2.74. The van der Waals surface area contributed by atoms with Crippen LogP contribution in [0.3, 0.4) is 0 Å². The fourth-order valence-corrected chi connectivity index (χ4v) is 3.05. The van der Waals surface area contributed by atoms with Crippen molar-refractivity contribution in [3.05, 3.63) is 106 Å². The van der Waals surface area contributed by atoms with Gasteiger partial charge in [-0.25, -0.2) is 13.5 Å². The molecule has 0 aliphatic carbocycles. The number of nitrogens with one attached hydrogen (secondary N) is 1. The Morgan fingerprint density at radius 2 is 1.59 bits per heavy atom. The number of hydrogen-bond donors (Lipinski definition) is 1. The highest BCUT2D eigenvalue weighted by Gasteiger charge is 2.19. The zero-order valence-corrected chi connectivity index (χ0v) is 15.1. The van der Waals surface area contributed by atoms with Crippen molar-refractivity contribution < 1.29 is 13.6 Å². The van der Waals surface area contributed by atoms with Gasteiger partial charge in [0.1, 0.15) is 0 Å². The molecule has 0 bridgehead atoms. The molecule has 0 aliphatic heterocycles. The Labute approximate surface area is 164 Å². The lowest BCUT2D eigenvalue weighted by Gasteiger charge is -2.12. The number of nitrogens with zero attached hydrogens (tertiary/aromatic N) is 2. The third-order valence-electron chi connectivity index (χ3n) is 4.46. The van der Waals surface area contributed by atoms with Crippen LogP contribution in [-0.2, 0) is 6.54 Å². The average molecular weight is 391 g/mol. The first-order valence-electron chi connectivity index (χ1n) is 8.84. The molecule has 0 saturated heterocycles. The van der Waals surface area contributed by atoms with Crippen molar-refractivity contribution in [2.75, 3.05) is 5.32 Å². The molecule has 0 unspecified atom stereocenters. The van der Waals surface area contributed by atoms with Crippen LogP contribution in [0, 0.1) is 11.6 Å². The summed E-state index contributed by atoms with van der Waals surface area (Å²) in [6, 6.07) is 19.2. The van der Waals surface area contributed by atoms with E-state index in [1.165, 1.54) is 16.8 Å². The van der Waals surface area contributed by atoms with Crippen LogP contribution in [0.15, 0.2) is 77.6 Å². The quantitative estimate of drug-likeness (QED) is 0.572. The second-order valence-corrected chi connectivity index (χ2v) is 6.40. The summed E-state index contributed by atoms with van der Waals surface area (Å²) in [5, 5.41) is 7.20. The van der Waals surface area contributed by atoms with Crippen molar-refractivity contribution in [2.45, 2.75) is 6.54 Å². The molecule has 5 nitrogen and oxygen atoms in total. The molecule has 0 fully saturated rings. The second-order valence-electron chi connectivity index (χ2n) is 6.40. The van der Waals surface area contributed by atoms with E-state index in [0.717, 1.165) is 11.6 Å². The SMILES string of the molecule is O=C(Nc1cccc(F)c1F)c1nn(Cc2ccccc2)c(=O)c2ccccc12. The minimum Gasteiger partial charge on any atom is -0.318 e. The fourth-order valence-electron chi connectivity index (χ4n) is 3.05. The summed E-state index contributed by atoms with van der Waals surface area (Å²) in [5.41, 5.74) is 0.124. The van der Waals surface area contributed by atoms with Crippen LogP contribution in [0.2, 0.25) is 0 Å². The molecule has 4 aromatic rings. The Hall–Kier alpha value is -3.87. The van der Waals surface area contributed by atoms with Crippen molar-refractivity contribution in [3.8, 4) is 0 Å². The molecule has 0 aliphatic rings. The van der Waals surface area contributed by atoms with Crippen molar-refractivity contribution in [3.63, 3.8) is 0 Å². The summed E-state index contributed by atoms with van der Waals surface area (Å²) in [5.74, 6) is -2.98. The van der Waals surface area contributed by atoms with Crippen LogP contribution in [-0.4, -0.2) is 15.7 Å². The number of amides is 1. The molecular formula is C22H15F2N3O2. The molecule has 0 spiro atoms. The number of fused-ring (bicyclic) bond motifs is 1. The maximum atomic E-state index is 14.0. The number of carbonyl (C=O) groups is 1. The summed E-state index contributed by atoms with van der Waals surface area (Å²) in [6.45, 7) is 0.166. The number of benzene rings is 3. The van der Waals surface area contributed by atoms with Gasteiger partial charge in [-0.3, -0.25) is 9.59 Å². The van der Waals surface area contributed by atoms with Gasteiger partial charge in [-0.15, -0.1) is 0 Å². The first-order valence-corrected chi connectivity index (χ1v) is 8.84. The summed E-state index contributed by atoms with van der Waals surface area (Å²) in [4.78, 5) is 25.7. The van der Waals surface area contributed by atoms with Gasteiger partial charge in [0.15, 0.2) is 17.3 Å². The van der Waals surface area contributed by atoms with Crippen LogP contribution < -0.4 is 10.9 Å². The number of aromatic nitrogens is 2. The van der Waals surface area contributed by atoms with E-state index in [1.54, 1.807) is 24.3 Å². The fraction of sp³-hybridized carbons (Fsp3) is 0.0455. The van der Waals surface area contributed by atoms with Crippen molar-refractivity contribution in [2.24, 2.45) is 0 Å². The Morgan fingerprint density at radius 3 is 2.34 bits per heavy atom. The summed E-state index contributed by atoms with van der Waals surface area (Å²) >= 11 is 0. The van der Waals surface area contributed by atoms with Crippen LogP contribution in [0.4, 0.5) is 14.5 Å². The topological polar surface area (TPSA) is 64.0 Å². The molecule has 0 atom stereocenters. The lowest BCUT2D eigenvalue weighted by molar-refractivity contribution is 0.102.